The van der Waals surface area contributed by atoms with Crippen molar-refractivity contribution in [1.82, 2.24) is 0 Å². The maximum atomic E-state index is 9.76. The number of halogens is 5. The van der Waals surface area contributed by atoms with E-state index in [0.717, 1.165) is 0 Å². The third-order valence-corrected chi connectivity index (χ3v) is 6.17. The van der Waals surface area contributed by atoms with Crippen LogP contribution in [0.5, 0.6) is 5.75 Å². The van der Waals surface area contributed by atoms with Crippen molar-refractivity contribution < 1.29 is 47.6 Å². The topological polar surface area (TPSA) is 77.4 Å². The van der Waals surface area contributed by atoms with Gasteiger partial charge in [0.05, 0.1) is 10.0 Å². The van der Waals surface area contributed by atoms with Crippen molar-refractivity contribution in [3.63, 3.8) is 0 Å². The Morgan fingerprint density at radius 2 is 1.44 bits per heavy atom. The van der Waals surface area contributed by atoms with Crippen LogP contribution in [0.1, 0.15) is 0 Å². The second-order valence-electron chi connectivity index (χ2n) is 2.47. The van der Waals surface area contributed by atoms with Crippen molar-refractivity contribution in [2.75, 3.05) is 0 Å². The Labute approximate surface area is 169 Å². The summed E-state index contributed by atoms with van der Waals surface area (Å²) in [5.41, 5.74) is 0. The summed E-state index contributed by atoms with van der Waals surface area (Å²) in [6.07, 6.45) is 0. The minimum absolute atomic E-state index is 0. The van der Waals surface area contributed by atoms with Crippen molar-refractivity contribution in [1.29, 1.82) is 0 Å². The van der Waals surface area contributed by atoms with Gasteiger partial charge < -0.3 is 9.66 Å². The summed E-state index contributed by atoms with van der Waals surface area (Å²) in [4.78, 5) is 0. The molecule has 1 N–H and O–H groups in total. The van der Waals surface area contributed by atoms with Gasteiger partial charge in [0.15, 0.2) is 7.01 Å². The van der Waals surface area contributed by atoms with Crippen molar-refractivity contribution in [2.24, 2.45) is 0 Å². The summed E-state index contributed by atoms with van der Waals surface area (Å²) in [5.74, 6) is -0.132. The van der Waals surface area contributed by atoms with Crippen LogP contribution in [0, 0.1) is 0 Å². The molecule has 11 heteroatoms. The summed E-state index contributed by atoms with van der Waals surface area (Å²) >= 11 is 19.6. The van der Waals surface area contributed by atoms with Crippen molar-refractivity contribution in [3.05, 3.63) is 27.2 Å². The van der Waals surface area contributed by atoms with Gasteiger partial charge in [0, 0.05) is 5.02 Å². The fourth-order valence-corrected chi connectivity index (χ4v) is 1.35. The van der Waals surface area contributed by atoms with E-state index in [1.54, 1.807) is 0 Å². The molecule has 18 heavy (non-hydrogen) atoms. The molecule has 0 fully saturated rings. The number of aromatic hydroxyl groups is 1. The van der Waals surface area contributed by atoms with E-state index in [2.05, 4.69) is 0 Å². The molecule has 0 aromatic heterocycles. The van der Waals surface area contributed by atoms with Gasteiger partial charge >= 0.3 is 29.6 Å². The summed E-state index contributed by atoms with van der Waals surface area (Å²) in [6, 6.07) is 2.84. The van der Waals surface area contributed by atoms with E-state index in [1.807, 2.05) is 0 Å². The number of phenolic OH excluding ortho intramolecular Hbond substituents is 1. The fraction of sp³-hybridized carbons (Fsp3) is 0.143. The third-order valence-electron chi connectivity index (χ3n) is 1.20. The fourth-order valence-electron chi connectivity index (χ4n) is 0.535. The predicted molar refractivity (Wildman–Crippen MR) is 84.7 cm³/mol. The predicted octanol–water partition coefficient (Wildman–Crippen LogP) is 1.04. The zero-order chi connectivity index (χ0) is 13.8. The molecule has 4 nitrogen and oxygen atoms in total. The summed E-state index contributed by atoms with van der Waals surface area (Å²) in [6.45, 7) is 0. The minimum atomic E-state index is -4.02. The number of hydrogen-bond donors (Lipinski definition) is 1. The molecule has 98 valence electrons. The van der Waals surface area contributed by atoms with Gasteiger partial charge in [-0.2, -0.15) is 0 Å². The van der Waals surface area contributed by atoms with Crippen LogP contribution in [0.25, 0.3) is 0 Å². The first-order chi connectivity index (χ1) is 7.55. The van der Waals surface area contributed by atoms with E-state index in [1.165, 1.54) is 57.3 Å². The number of rotatable bonds is 1. The van der Waals surface area contributed by atoms with E-state index >= 15 is 0 Å². The number of phenols is 1. The Hall–Kier alpha value is 2.26. The molecular weight excluding hydrogens is 563 g/mol. The van der Waals surface area contributed by atoms with Gasteiger partial charge in [-0.25, -0.2) is 8.42 Å². The quantitative estimate of drug-likeness (QED) is 0.238. The summed E-state index contributed by atoms with van der Waals surface area (Å²) in [7, 11) is -4.02. The zero-order valence-electron chi connectivity index (χ0n) is 8.70. The van der Waals surface area contributed by atoms with Crippen LogP contribution in [-0.2, 0) is 10.1 Å². The van der Waals surface area contributed by atoms with Crippen LogP contribution in [0.15, 0.2) is 12.1 Å². The molecule has 0 aliphatic rings. The van der Waals surface area contributed by atoms with Crippen LogP contribution in [0.4, 0.5) is 0 Å². The molecule has 1 rings (SSSR count). The smallest absolute Gasteiger partial charge is 0.747 e. The second-order valence-corrected chi connectivity index (χ2v) is 11.7. The maximum absolute atomic E-state index is 9.76. The molecular formula is C7H4Cl3I2NaO4S. The van der Waals surface area contributed by atoms with Gasteiger partial charge in [-0.05, 0) is 12.1 Å². The van der Waals surface area contributed by atoms with Gasteiger partial charge in [0.25, 0.3) is 0 Å². The molecule has 1 aromatic carbocycles. The van der Waals surface area contributed by atoms with Crippen LogP contribution in [0.2, 0.25) is 15.1 Å². The van der Waals surface area contributed by atoms with E-state index < -0.39 is 11.4 Å². The first-order valence-electron chi connectivity index (χ1n) is 3.62. The molecule has 0 spiro atoms. The summed E-state index contributed by atoms with van der Waals surface area (Å²) in [5, 5.41) is 9.75. The largest absolute Gasteiger partial charge is 1.00 e. The van der Waals surface area contributed by atoms with Gasteiger partial charge in [0.1, 0.15) is 10.1 Å². The Morgan fingerprint density at radius 3 is 1.67 bits per heavy atom. The number of alkyl halides is 2. The standard InChI is InChI=1S/C6H3Cl3O.CH2I2O3S.Na/c7-3-1-4(8)6(10)5(9)2-3;2-1(3)7(4,5)6;/h1-2,10H;1H,(H,4,5,6);/q;;+1/p-1. The van der Waals surface area contributed by atoms with Crippen LogP contribution in [0.3, 0.4) is 0 Å². The third kappa shape index (κ3) is 9.24. The van der Waals surface area contributed by atoms with Crippen LogP contribution in [-0.4, -0.2) is 19.3 Å². The van der Waals surface area contributed by atoms with Crippen molar-refractivity contribution in [2.45, 2.75) is 1.26 Å². The van der Waals surface area contributed by atoms with Crippen molar-refractivity contribution in [3.8, 4) is 5.75 Å². The average molecular weight is 567 g/mol. The second kappa shape index (κ2) is 10.1. The minimum Gasteiger partial charge on any atom is -0.747 e. The Balaban J connectivity index is 0. The van der Waals surface area contributed by atoms with Gasteiger partial charge in [-0.3, -0.25) is 0 Å². The number of benzene rings is 1. The molecule has 0 saturated heterocycles. The van der Waals surface area contributed by atoms with Crippen LogP contribution >= 0.6 is 80.0 Å². The first kappa shape index (κ1) is 22.5. The molecule has 0 aliphatic carbocycles. The molecule has 0 bridgehead atoms. The van der Waals surface area contributed by atoms with E-state index in [0.29, 0.717) is 5.02 Å². The molecule has 0 heterocycles. The monoisotopic (exact) mass is 566 g/mol. The average Bonchev–Trinajstić information content (AvgIpc) is 2.13. The summed E-state index contributed by atoms with van der Waals surface area (Å²) < 4.78 is 28.4. The molecule has 0 unspecified atom stereocenters. The molecule has 0 atom stereocenters. The van der Waals surface area contributed by atoms with E-state index in [9.17, 15) is 13.0 Å². The van der Waals surface area contributed by atoms with Crippen molar-refractivity contribution >= 4 is 90.1 Å². The Bertz CT molecular complexity index is 474. The molecule has 0 amide bonds. The molecule has 0 radical (unpaired) electrons. The number of hydrogen-bond acceptors (Lipinski definition) is 4. The normalized spacial score (nSPS) is 10.4. The van der Waals surface area contributed by atoms with Gasteiger partial charge in [0.2, 0.25) is 0 Å². The van der Waals surface area contributed by atoms with E-state index in [4.69, 9.17) is 39.9 Å². The van der Waals surface area contributed by atoms with Crippen LogP contribution < -0.4 is 29.6 Å². The maximum Gasteiger partial charge on any atom is 1.00 e. The molecule has 0 aliphatic heterocycles. The molecule has 0 saturated carbocycles. The Morgan fingerprint density at radius 1 is 1.17 bits per heavy atom. The SMILES string of the molecule is O=S(=O)([O-])C(I)I.Oc1c(Cl)cc(Cl)cc1Cl.[Na+]. The first-order valence-corrected chi connectivity index (χ1v) is 8.71. The van der Waals surface area contributed by atoms with E-state index in [-0.39, 0.29) is 45.4 Å². The molecule has 1 aromatic rings. The Kier molecular flexibility index (Phi) is 12.6. The zero-order valence-corrected chi connectivity index (χ0v) is 18.1. The van der Waals surface area contributed by atoms with Gasteiger partial charge in [-0.1, -0.05) is 80.0 Å². The van der Waals surface area contributed by atoms with Gasteiger partial charge in [-0.15, -0.1) is 0 Å².